The molecule has 1 unspecified atom stereocenters. The summed E-state index contributed by atoms with van der Waals surface area (Å²) in [7, 11) is 2.20. The Hall–Kier alpha value is -1.42. The summed E-state index contributed by atoms with van der Waals surface area (Å²) in [4.78, 5) is 2.43. The summed E-state index contributed by atoms with van der Waals surface area (Å²) in [6, 6.07) is 10.5. The molecular weight excluding hydrogens is 212 g/mol. The van der Waals surface area contributed by atoms with Crippen LogP contribution in [-0.2, 0) is 0 Å². The number of nitrogens with zero attached hydrogens (tertiary/aromatic N) is 3. The van der Waals surface area contributed by atoms with Crippen molar-refractivity contribution in [3.05, 3.63) is 30.3 Å². The van der Waals surface area contributed by atoms with Gasteiger partial charge in [-0.2, -0.15) is 0 Å². The first-order valence-electron chi connectivity index (χ1n) is 6.25. The second kappa shape index (κ2) is 6.35. The van der Waals surface area contributed by atoms with Gasteiger partial charge in [0, 0.05) is 12.6 Å². The van der Waals surface area contributed by atoms with Gasteiger partial charge in [0.15, 0.2) is 0 Å². The lowest BCUT2D eigenvalue weighted by atomic mass is 10.1. The molecule has 1 aliphatic rings. The molecule has 1 N–H and O–H groups in total. The van der Waals surface area contributed by atoms with E-state index in [4.69, 9.17) is 0 Å². The maximum Gasteiger partial charge on any atom is 0.0874 e. The topological polar surface area (TPSA) is 40.0 Å². The molecule has 1 aromatic rings. The molecule has 4 heteroatoms. The smallest absolute Gasteiger partial charge is 0.0874 e. The standard InChI is InChI=1S/C13H20N4/c1-17-11-5-8-13(17)9-10-14-16-15-12-6-3-2-4-7-12/h2-4,6-7,13H,5,8-11H2,1H3,(H,14,15). The summed E-state index contributed by atoms with van der Waals surface area (Å²) in [5.74, 6) is 0. The van der Waals surface area contributed by atoms with E-state index in [9.17, 15) is 0 Å². The number of rotatable bonds is 5. The van der Waals surface area contributed by atoms with Crippen molar-refractivity contribution in [1.82, 2.24) is 10.3 Å². The van der Waals surface area contributed by atoms with Crippen molar-refractivity contribution in [2.75, 3.05) is 20.1 Å². The predicted molar refractivity (Wildman–Crippen MR) is 69.2 cm³/mol. The average molecular weight is 232 g/mol. The maximum atomic E-state index is 4.09. The zero-order valence-corrected chi connectivity index (χ0v) is 10.3. The highest BCUT2D eigenvalue weighted by atomic mass is 15.4. The highest BCUT2D eigenvalue weighted by Crippen LogP contribution is 2.17. The Balaban J connectivity index is 1.65. The minimum Gasteiger partial charge on any atom is -0.303 e. The van der Waals surface area contributed by atoms with E-state index in [1.807, 2.05) is 30.3 Å². The van der Waals surface area contributed by atoms with E-state index >= 15 is 0 Å². The maximum absolute atomic E-state index is 4.09. The summed E-state index contributed by atoms with van der Waals surface area (Å²) in [5.41, 5.74) is 3.90. The van der Waals surface area contributed by atoms with Crippen molar-refractivity contribution < 1.29 is 0 Å². The van der Waals surface area contributed by atoms with Gasteiger partial charge in [0.2, 0.25) is 0 Å². The fraction of sp³-hybridized carbons (Fsp3) is 0.538. The number of hydrogen-bond acceptors (Lipinski definition) is 3. The van der Waals surface area contributed by atoms with Gasteiger partial charge >= 0.3 is 0 Å². The molecular formula is C13H20N4. The van der Waals surface area contributed by atoms with Crippen LogP contribution in [-0.4, -0.2) is 31.1 Å². The van der Waals surface area contributed by atoms with Crippen molar-refractivity contribution in [3.8, 4) is 0 Å². The van der Waals surface area contributed by atoms with Crippen LogP contribution in [0.3, 0.4) is 0 Å². The summed E-state index contributed by atoms with van der Waals surface area (Å²) < 4.78 is 0. The average Bonchev–Trinajstić information content (AvgIpc) is 2.76. The summed E-state index contributed by atoms with van der Waals surface area (Å²) in [6.45, 7) is 2.13. The highest BCUT2D eigenvalue weighted by Gasteiger charge is 2.19. The first-order valence-corrected chi connectivity index (χ1v) is 6.25. The van der Waals surface area contributed by atoms with Crippen molar-refractivity contribution in [2.24, 2.45) is 10.3 Å². The molecule has 0 aliphatic carbocycles. The van der Waals surface area contributed by atoms with Gasteiger partial charge < -0.3 is 4.90 Å². The molecule has 1 heterocycles. The molecule has 0 spiro atoms. The molecule has 1 aliphatic heterocycles. The largest absolute Gasteiger partial charge is 0.303 e. The number of nitrogens with one attached hydrogen (secondary N) is 1. The SMILES string of the molecule is CN1CCCC1CCN/N=N/c1ccccc1. The molecule has 0 amide bonds. The lowest BCUT2D eigenvalue weighted by Crippen LogP contribution is -2.27. The fourth-order valence-corrected chi connectivity index (χ4v) is 2.21. The van der Waals surface area contributed by atoms with Crippen molar-refractivity contribution in [2.45, 2.75) is 25.3 Å². The minimum atomic E-state index is 0.717. The monoisotopic (exact) mass is 232 g/mol. The van der Waals surface area contributed by atoms with Crippen molar-refractivity contribution in [1.29, 1.82) is 0 Å². The lowest BCUT2D eigenvalue weighted by Gasteiger charge is -2.18. The molecule has 4 nitrogen and oxygen atoms in total. The number of benzene rings is 1. The van der Waals surface area contributed by atoms with Crippen LogP contribution in [0.4, 0.5) is 5.69 Å². The molecule has 1 fully saturated rings. The number of likely N-dealkylation sites (tertiary alicyclic amines) is 1. The summed E-state index contributed by atoms with van der Waals surface area (Å²) in [5, 5.41) is 8.07. The molecule has 1 saturated heterocycles. The molecule has 17 heavy (non-hydrogen) atoms. The summed E-state index contributed by atoms with van der Waals surface area (Å²) in [6.07, 6.45) is 3.78. The molecule has 92 valence electrons. The molecule has 0 radical (unpaired) electrons. The third-order valence-electron chi connectivity index (χ3n) is 3.25. The second-order valence-electron chi connectivity index (χ2n) is 4.51. The van der Waals surface area contributed by atoms with Gasteiger partial charge in [-0.3, -0.25) is 5.43 Å². The molecule has 1 aromatic carbocycles. The molecule has 2 rings (SSSR count). The minimum absolute atomic E-state index is 0.717. The van der Waals surface area contributed by atoms with Gasteiger partial charge in [-0.25, -0.2) is 0 Å². The van der Waals surface area contributed by atoms with Crippen molar-refractivity contribution >= 4 is 5.69 Å². The van der Waals surface area contributed by atoms with Crippen LogP contribution in [0.25, 0.3) is 0 Å². The van der Waals surface area contributed by atoms with Crippen LogP contribution in [0.5, 0.6) is 0 Å². The summed E-state index contributed by atoms with van der Waals surface area (Å²) >= 11 is 0. The van der Waals surface area contributed by atoms with Crippen LogP contribution in [0.15, 0.2) is 40.7 Å². The Kier molecular flexibility index (Phi) is 4.50. The molecule has 0 saturated carbocycles. The van der Waals surface area contributed by atoms with Crippen LogP contribution < -0.4 is 5.43 Å². The van der Waals surface area contributed by atoms with E-state index in [2.05, 4.69) is 27.7 Å². The van der Waals surface area contributed by atoms with E-state index < -0.39 is 0 Å². The van der Waals surface area contributed by atoms with Crippen LogP contribution in [0.2, 0.25) is 0 Å². The van der Waals surface area contributed by atoms with Crippen molar-refractivity contribution in [3.63, 3.8) is 0 Å². The Morgan fingerprint density at radius 2 is 2.18 bits per heavy atom. The second-order valence-corrected chi connectivity index (χ2v) is 4.51. The zero-order valence-electron chi connectivity index (χ0n) is 10.3. The van der Waals surface area contributed by atoms with E-state index in [0.29, 0.717) is 0 Å². The third-order valence-corrected chi connectivity index (χ3v) is 3.25. The highest BCUT2D eigenvalue weighted by molar-refractivity contribution is 5.34. The van der Waals surface area contributed by atoms with Gasteiger partial charge in [0.1, 0.15) is 0 Å². The Morgan fingerprint density at radius 3 is 2.88 bits per heavy atom. The van der Waals surface area contributed by atoms with Gasteiger partial charge in [-0.1, -0.05) is 23.4 Å². The number of hydrogen-bond donors (Lipinski definition) is 1. The Bertz CT molecular complexity index is 350. The molecule has 0 bridgehead atoms. The van der Waals surface area contributed by atoms with E-state index in [1.165, 1.54) is 19.4 Å². The zero-order chi connectivity index (χ0) is 11.9. The van der Waals surface area contributed by atoms with Gasteiger partial charge in [0.05, 0.1) is 5.69 Å². The molecule has 1 atom stereocenters. The van der Waals surface area contributed by atoms with Gasteiger partial charge in [-0.05, 0) is 45.0 Å². The van der Waals surface area contributed by atoms with E-state index in [1.54, 1.807) is 0 Å². The Labute approximate surface area is 103 Å². The lowest BCUT2D eigenvalue weighted by molar-refractivity contribution is 0.293. The van der Waals surface area contributed by atoms with Gasteiger partial charge in [0.25, 0.3) is 0 Å². The fourth-order valence-electron chi connectivity index (χ4n) is 2.21. The van der Waals surface area contributed by atoms with Crippen LogP contribution in [0, 0.1) is 0 Å². The first-order chi connectivity index (χ1) is 8.36. The molecule has 0 aromatic heterocycles. The van der Waals surface area contributed by atoms with Gasteiger partial charge in [-0.15, -0.1) is 5.11 Å². The van der Waals surface area contributed by atoms with E-state index in [0.717, 1.165) is 24.7 Å². The van der Waals surface area contributed by atoms with Crippen LogP contribution >= 0.6 is 0 Å². The Morgan fingerprint density at radius 1 is 1.35 bits per heavy atom. The predicted octanol–water partition coefficient (Wildman–Crippen LogP) is 2.76. The quantitative estimate of drug-likeness (QED) is 0.482. The third kappa shape index (κ3) is 3.82. The van der Waals surface area contributed by atoms with Crippen LogP contribution in [0.1, 0.15) is 19.3 Å². The first kappa shape index (κ1) is 12.0. The normalized spacial score (nSPS) is 21.1. The van der Waals surface area contributed by atoms with E-state index in [-0.39, 0.29) is 0 Å².